The molecule has 19 heavy (non-hydrogen) atoms. The highest BCUT2D eigenvalue weighted by Gasteiger charge is 2.34. The molecule has 1 aliphatic rings. The van der Waals surface area contributed by atoms with Gasteiger partial charge in [0.25, 0.3) is 10.0 Å². The topological polar surface area (TPSA) is 64.4 Å². The molecule has 0 amide bonds. The van der Waals surface area contributed by atoms with Gasteiger partial charge in [0.2, 0.25) is 0 Å². The predicted octanol–water partition coefficient (Wildman–Crippen LogP) is 1.57. The zero-order valence-corrected chi connectivity index (χ0v) is 11.9. The van der Waals surface area contributed by atoms with Crippen molar-refractivity contribution in [2.75, 3.05) is 29.3 Å². The average Bonchev–Trinajstić information content (AvgIpc) is 2.40. The molecule has 0 N–H and O–H groups in total. The number of nitrogens with zero attached hydrogens (tertiary/aromatic N) is 3. The highest BCUT2D eigenvalue weighted by atomic mass is 32.2. The number of rotatable bonds is 3. The molecule has 1 atom stereocenters. The van der Waals surface area contributed by atoms with E-state index in [-0.39, 0.29) is 0 Å². The molecule has 0 aliphatic carbocycles. The van der Waals surface area contributed by atoms with Crippen LogP contribution in [0.3, 0.4) is 0 Å². The van der Waals surface area contributed by atoms with Crippen LogP contribution >= 0.6 is 0 Å². The summed E-state index contributed by atoms with van der Waals surface area (Å²) in [6.07, 6.45) is 0.299. The Balaban J connectivity index is 2.49. The van der Waals surface area contributed by atoms with Crippen molar-refractivity contribution in [3.63, 3.8) is 0 Å². The van der Waals surface area contributed by atoms with Crippen molar-refractivity contribution in [1.29, 1.82) is 5.26 Å². The van der Waals surface area contributed by atoms with Gasteiger partial charge in [0.15, 0.2) is 5.25 Å². The predicted molar refractivity (Wildman–Crippen MR) is 75.7 cm³/mol. The number of nitriles is 1. The van der Waals surface area contributed by atoms with Crippen molar-refractivity contribution in [3.05, 3.63) is 24.3 Å². The standard InChI is InChI=1S/C13H17N3O2S/c1-3-11(10-14)19(17,18)16-9-8-15(2)12-6-4-5-7-13(12)16/h4-7,11H,3,8-9H2,1-2H3. The highest BCUT2D eigenvalue weighted by Crippen LogP contribution is 2.34. The molecule has 0 bridgehead atoms. The fourth-order valence-corrected chi connectivity index (χ4v) is 3.89. The molecule has 1 aromatic carbocycles. The summed E-state index contributed by atoms with van der Waals surface area (Å²) >= 11 is 0. The molecule has 1 heterocycles. The third kappa shape index (κ3) is 2.26. The monoisotopic (exact) mass is 279 g/mol. The molecule has 0 saturated carbocycles. The van der Waals surface area contributed by atoms with Crippen LogP contribution in [0.2, 0.25) is 0 Å². The molecule has 2 rings (SSSR count). The molecule has 1 aliphatic heterocycles. The second kappa shape index (κ2) is 5.10. The summed E-state index contributed by atoms with van der Waals surface area (Å²) in [6, 6.07) is 9.26. The number of likely N-dealkylation sites (N-methyl/N-ethyl adjacent to an activating group) is 1. The van der Waals surface area contributed by atoms with Crippen LogP contribution in [0.15, 0.2) is 24.3 Å². The van der Waals surface area contributed by atoms with Crippen LogP contribution in [0, 0.1) is 11.3 Å². The molecule has 0 spiro atoms. The molecule has 5 nitrogen and oxygen atoms in total. The summed E-state index contributed by atoms with van der Waals surface area (Å²) in [7, 11) is -1.68. The molecule has 102 valence electrons. The van der Waals surface area contributed by atoms with Crippen LogP contribution in [-0.2, 0) is 10.0 Å². The van der Waals surface area contributed by atoms with E-state index in [1.165, 1.54) is 4.31 Å². The zero-order chi connectivity index (χ0) is 14.0. The van der Waals surface area contributed by atoms with Gasteiger partial charge in [-0.3, -0.25) is 4.31 Å². The van der Waals surface area contributed by atoms with E-state index in [4.69, 9.17) is 5.26 Å². The minimum absolute atomic E-state index is 0.299. The summed E-state index contributed by atoms with van der Waals surface area (Å²) in [5.74, 6) is 0. The van der Waals surface area contributed by atoms with Gasteiger partial charge in [-0.1, -0.05) is 19.1 Å². The lowest BCUT2D eigenvalue weighted by molar-refractivity contribution is 0.580. The number of benzene rings is 1. The largest absolute Gasteiger partial charge is 0.371 e. The Bertz CT molecular complexity index is 607. The summed E-state index contributed by atoms with van der Waals surface area (Å²) in [4.78, 5) is 2.02. The lowest BCUT2D eigenvalue weighted by atomic mass is 10.2. The van der Waals surface area contributed by atoms with Gasteiger partial charge in [-0.15, -0.1) is 0 Å². The first-order valence-corrected chi connectivity index (χ1v) is 7.74. The van der Waals surface area contributed by atoms with Crippen LogP contribution < -0.4 is 9.21 Å². The highest BCUT2D eigenvalue weighted by molar-refractivity contribution is 7.93. The Morgan fingerprint density at radius 1 is 1.32 bits per heavy atom. The van der Waals surface area contributed by atoms with E-state index >= 15 is 0 Å². The first-order chi connectivity index (χ1) is 9.02. The normalized spacial score (nSPS) is 16.7. The number of hydrogen-bond acceptors (Lipinski definition) is 4. The maximum Gasteiger partial charge on any atom is 0.251 e. The molecule has 0 radical (unpaired) electrons. The van der Waals surface area contributed by atoms with E-state index in [1.807, 2.05) is 36.2 Å². The minimum Gasteiger partial charge on any atom is -0.371 e. The minimum atomic E-state index is -3.62. The van der Waals surface area contributed by atoms with Gasteiger partial charge in [-0.25, -0.2) is 8.42 Å². The van der Waals surface area contributed by atoms with Gasteiger partial charge >= 0.3 is 0 Å². The second-order valence-electron chi connectivity index (χ2n) is 4.55. The maximum atomic E-state index is 12.5. The molecule has 0 saturated heterocycles. The second-order valence-corrected chi connectivity index (χ2v) is 6.59. The molecule has 6 heteroatoms. The van der Waals surface area contributed by atoms with Crippen molar-refractivity contribution in [1.82, 2.24) is 0 Å². The fraction of sp³-hybridized carbons (Fsp3) is 0.462. The maximum absolute atomic E-state index is 12.5. The van der Waals surface area contributed by atoms with Crippen LogP contribution in [-0.4, -0.2) is 33.8 Å². The number of hydrogen-bond donors (Lipinski definition) is 0. The van der Waals surface area contributed by atoms with Crippen LogP contribution in [0.4, 0.5) is 11.4 Å². The molecule has 1 aromatic rings. The molecule has 0 fully saturated rings. The van der Waals surface area contributed by atoms with Crippen molar-refractivity contribution in [2.45, 2.75) is 18.6 Å². The summed E-state index contributed by atoms with van der Waals surface area (Å²) < 4.78 is 26.4. The Morgan fingerprint density at radius 2 is 1.95 bits per heavy atom. The van der Waals surface area contributed by atoms with Gasteiger partial charge in [-0.2, -0.15) is 5.26 Å². The summed E-state index contributed by atoms with van der Waals surface area (Å²) in [6.45, 7) is 2.72. The number of fused-ring (bicyclic) bond motifs is 1. The van der Waals surface area contributed by atoms with Crippen LogP contribution in [0.1, 0.15) is 13.3 Å². The van der Waals surface area contributed by atoms with E-state index < -0.39 is 15.3 Å². The Morgan fingerprint density at radius 3 is 2.53 bits per heavy atom. The number of anilines is 2. The first-order valence-electron chi connectivity index (χ1n) is 6.23. The zero-order valence-electron chi connectivity index (χ0n) is 11.1. The Hall–Kier alpha value is -1.74. The smallest absolute Gasteiger partial charge is 0.251 e. The Labute approximate surface area is 114 Å². The molecule has 0 aromatic heterocycles. The lowest BCUT2D eigenvalue weighted by Crippen LogP contribution is -2.46. The first kappa shape index (κ1) is 13.7. The number of para-hydroxylation sites is 2. The van der Waals surface area contributed by atoms with Crippen molar-refractivity contribution in [3.8, 4) is 6.07 Å². The van der Waals surface area contributed by atoms with E-state index in [0.717, 1.165) is 5.69 Å². The summed E-state index contributed by atoms with van der Waals surface area (Å²) in [5.41, 5.74) is 1.54. The average molecular weight is 279 g/mol. The van der Waals surface area contributed by atoms with E-state index in [1.54, 1.807) is 13.0 Å². The van der Waals surface area contributed by atoms with Gasteiger partial charge in [0, 0.05) is 13.6 Å². The van der Waals surface area contributed by atoms with Crippen molar-refractivity contribution in [2.24, 2.45) is 0 Å². The summed E-state index contributed by atoms with van der Waals surface area (Å²) in [5, 5.41) is 8.04. The molecular formula is C13H17N3O2S. The quantitative estimate of drug-likeness (QED) is 0.842. The van der Waals surface area contributed by atoms with Crippen molar-refractivity contribution < 1.29 is 8.42 Å². The lowest BCUT2D eigenvalue weighted by Gasteiger charge is -2.36. The third-order valence-corrected chi connectivity index (χ3v) is 5.53. The van der Waals surface area contributed by atoms with Crippen LogP contribution in [0.25, 0.3) is 0 Å². The van der Waals surface area contributed by atoms with Crippen molar-refractivity contribution >= 4 is 21.4 Å². The number of sulfonamides is 1. The Kier molecular flexibility index (Phi) is 3.67. The SMILES string of the molecule is CCC(C#N)S(=O)(=O)N1CCN(C)c2ccccc21. The van der Waals surface area contributed by atoms with E-state index in [2.05, 4.69) is 0 Å². The fourth-order valence-electron chi connectivity index (χ4n) is 2.27. The van der Waals surface area contributed by atoms with Gasteiger partial charge < -0.3 is 4.90 Å². The molecule has 1 unspecified atom stereocenters. The van der Waals surface area contributed by atoms with Crippen LogP contribution in [0.5, 0.6) is 0 Å². The van der Waals surface area contributed by atoms with E-state index in [9.17, 15) is 8.42 Å². The third-order valence-electron chi connectivity index (χ3n) is 3.38. The van der Waals surface area contributed by atoms with Gasteiger partial charge in [0.1, 0.15) is 0 Å². The van der Waals surface area contributed by atoms with E-state index in [0.29, 0.717) is 25.2 Å². The van der Waals surface area contributed by atoms with Gasteiger partial charge in [0.05, 0.1) is 24.0 Å². The van der Waals surface area contributed by atoms with Gasteiger partial charge in [-0.05, 0) is 18.6 Å². The molecular weight excluding hydrogens is 262 g/mol.